The first kappa shape index (κ1) is 36.1. The van der Waals surface area contributed by atoms with Crippen molar-refractivity contribution in [3.8, 4) is 5.75 Å². The van der Waals surface area contributed by atoms with Crippen LogP contribution in [0.3, 0.4) is 0 Å². The molecule has 1 aliphatic heterocycles. The van der Waals surface area contributed by atoms with Gasteiger partial charge in [-0.3, -0.25) is 18.9 Å². The quantitative estimate of drug-likeness (QED) is 0.101. The maximum absolute atomic E-state index is 13.2. The van der Waals surface area contributed by atoms with Crippen molar-refractivity contribution in [2.75, 3.05) is 46.1 Å². The molecule has 0 radical (unpaired) electrons. The first-order valence-electron chi connectivity index (χ1n) is 15.9. The molecule has 1 atom stereocenters. The number of carbonyl (C=O) groups excluding carboxylic acids is 1. The number of carbonyl (C=O) groups is 1. The highest BCUT2D eigenvalue weighted by molar-refractivity contribution is 7.86. The summed E-state index contributed by atoms with van der Waals surface area (Å²) >= 11 is 6.24. The lowest BCUT2D eigenvalue weighted by atomic mass is 10.1. The average molecular weight is 710 g/mol. The molecule has 2 aromatic carbocycles. The molecule has 2 aromatic heterocycles. The summed E-state index contributed by atoms with van der Waals surface area (Å²) in [5.41, 5.74) is 3.62. The van der Waals surface area contributed by atoms with Crippen LogP contribution in [0, 0.1) is 13.8 Å². The second-order valence-corrected chi connectivity index (χ2v) is 13.7. The lowest BCUT2D eigenvalue weighted by Gasteiger charge is -2.39. The third-order valence-electron chi connectivity index (χ3n) is 7.83. The summed E-state index contributed by atoms with van der Waals surface area (Å²) in [6, 6.07) is 15.8. The Morgan fingerprint density at radius 2 is 1.80 bits per heavy atom. The molecule has 0 bridgehead atoms. The number of halogens is 1. The highest BCUT2D eigenvalue weighted by Gasteiger charge is 2.26. The molecule has 260 valence electrons. The van der Waals surface area contributed by atoms with Gasteiger partial charge in [-0.05, 0) is 79.6 Å². The largest absolute Gasteiger partial charge is 0.490 e. The van der Waals surface area contributed by atoms with E-state index in [0.29, 0.717) is 36.2 Å². The van der Waals surface area contributed by atoms with Gasteiger partial charge in [-0.2, -0.15) is 13.2 Å². The molecule has 13 nitrogen and oxygen atoms in total. The van der Waals surface area contributed by atoms with Crippen LogP contribution in [0.25, 0.3) is 6.08 Å². The number of pyridine rings is 1. The molecular formula is C34H40ClN7O6S. The fourth-order valence-electron chi connectivity index (χ4n) is 5.29. The molecule has 0 saturated carbocycles. The molecule has 0 aliphatic carbocycles. The fourth-order valence-corrected chi connectivity index (χ4v) is 6.38. The Kier molecular flexibility index (Phi) is 12.5. The first-order valence-corrected chi connectivity index (χ1v) is 17.7. The highest BCUT2D eigenvalue weighted by Crippen LogP contribution is 2.20. The van der Waals surface area contributed by atoms with Crippen molar-refractivity contribution in [3.63, 3.8) is 0 Å². The lowest BCUT2D eigenvalue weighted by molar-refractivity contribution is -0.130. The topological polar surface area (TPSA) is 142 Å². The summed E-state index contributed by atoms with van der Waals surface area (Å²) in [7, 11) is -3.81. The third-order valence-corrected chi connectivity index (χ3v) is 9.39. The second-order valence-electron chi connectivity index (χ2n) is 11.7. The van der Waals surface area contributed by atoms with E-state index < -0.39 is 10.1 Å². The number of aromatic nitrogens is 5. The number of rotatable bonds is 15. The van der Waals surface area contributed by atoms with Crippen molar-refractivity contribution in [2.45, 2.75) is 44.8 Å². The van der Waals surface area contributed by atoms with Crippen LogP contribution >= 0.6 is 11.6 Å². The SMILES string of the molecule is Cc1ccc(S(=O)(=O)OCCOCCOc2ccc(CN3CCN(C(=O)C=Cc4ccc(Cl)cc4Cn4nnc(C)n4)C(C)C3)nc2)cc1. The zero-order chi connectivity index (χ0) is 34.8. The Labute approximate surface area is 291 Å². The Morgan fingerprint density at radius 1 is 1.00 bits per heavy atom. The lowest BCUT2D eigenvalue weighted by Crippen LogP contribution is -2.53. The van der Waals surface area contributed by atoms with Crippen LogP contribution in [0.1, 0.15) is 35.1 Å². The average Bonchev–Trinajstić information content (AvgIpc) is 3.49. The Bertz CT molecular complexity index is 1830. The summed E-state index contributed by atoms with van der Waals surface area (Å²) in [4.78, 5) is 23.5. The number of benzene rings is 2. The van der Waals surface area contributed by atoms with Crippen molar-refractivity contribution in [2.24, 2.45) is 0 Å². The van der Waals surface area contributed by atoms with E-state index in [9.17, 15) is 13.2 Å². The third kappa shape index (κ3) is 10.6. The Balaban J connectivity index is 1.01. The van der Waals surface area contributed by atoms with Crippen molar-refractivity contribution in [1.29, 1.82) is 0 Å². The second kappa shape index (κ2) is 16.9. The van der Waals surface area contributed by atoms with Crippen LogP contribution < -0.4 is 4.74 Å². The fraction of sp³-hybridized carbons (Fsp3) is 0.382. The van der Waals surface area contributed by atoms with Crippen LogP contribution in [0.15, 0.2) is 71.8 Å². The van der Waals surface area contributed by atoms with Crippen molar-refractivity contribution in [1.82, 2.24) is 35.0 Å². The van der Waals surface area contributed by atoms with Gasteiger partial charge in [0.15, 0.2) is 5.82 Å². The summed E-state index contributed by atoms with van der Waals surface area (Å²) in [5, 5.41) is 12.8. The van der Waals surface area contributed by atoms with Gasteiger partial charge in [0.25, 0.3) is 10.1 Å². The van der Waals surface area contributed by atoms with Crippen LogP contribution in [0.4, 0.5) is 0 Å². The van der Waals surface area contributed by atoms with Crippen molar-refractivity contribution < 1.29 is 26.9 Å². The minimum Gasteiger partial charge on any atom is -0.490 e. The predicted octanol–water partition coefficient (Wildman–Crippen LogP) is 3.93. The van der Waals surface area contributed by atoms with Gasteiger partial charge < -0.3 is 14.4 Å². The van der Waals surface area contributed by atoms with Crippen molar-refractivity contribution >= 4 is 33.7 Å². The normalized spacial score (nSPS) is 15.6. The molecule has 1 saturated heterocycles. The molecule has 0 N–H and O–H groups in total. The van der Waals surface area contributed by atoms with Gasteiger partial charge in [-0.15, -0.1) is 10.2 Å². The maximum atomic E-state index is 13.2. The van der Waals surface area contributed by atoms with Crippen LogP contribution in [0.5, 0.6) is 5.75 Å². The Hall–Kier alpha value is -4.21. The summed E-state index contributed by atoms with van der Waals surface area (Å²) in [6.07, 6.45) is 5.09. The molecule has 1 unspecified atom stereocenters. The molecule has 49 heavy (non-hydrogen) atoms. The molecule has 0 spiro atoms. The van der Waals surface area contributed by atoms with Gasteiger partial charge >= 0.3 is 0 Å². The summed E-state index contributed by atoms with van der Waals surface area (Å²) in [5.74, 6) is 1.14. The van der Waals surface area contributed by atoms with Crippen LogP contribution in [0.2, 0.25) is 5.02 Å². The predicted molar refractivity (Wildman–Crippen MR) is 183 cm³/mol. The number of amides is 1. The molecule has 5 rings (SSSR count). The van der Waals surface area contributed by atoms with E-state index in [1.54, 1.807) is 37.4 Å². The van der Waals surface area contributed by atoms with Gasteiger partial charge in [0, 0.05) is 43.3 Å². The number of ether oxygens (including phenoxy) is 2. The molecule has 1 amide bonds. The summed E-state index contributed by atoms with van der Waals surface area (Å²) in [6.45, 7) is 9.38. The number of nitrogens with zero attached hydrogens (tertiary/aromatic N) is 7. The smallest absolute Gasteiger partial charge is 0.297 e. The molecular weight excluding hydrogens is 670 g/mol. The molecule has 3 heterocycles. The zero-order valence-corrected chi connectivity index (χ0v) is 29.3. The molecule has 15 heteroatoms. The van der Waals surface area contributed by atoms with E-state index >= 15 is 0 Å². The molecule has 1 aliphatic rings. The number of aryl methyl sites for hydroxylation is 2. The van der Waals surface area contributed by atoms with E-state index in [-0.39, 0.29) is 43.3 Å². The number of hydrogen-bond donors (Lipinski definition) is 0. The van der Waals surface area contributed by atoms with E-state index in [4.69, 9.17) is 25.3 Å². The van der Waals surface area contributed by atoms with Gasteiger partial charge in [-0.25, -0.2) is 0 Å². The van der Waals surface area contributed by atoms with E-state index in [2.05, 4.69) is 25.3 Å². The van der Waals surface area contributed by atoms with Gasteiger partial charge in [0.2, 0.25) is 5.91 Å². The van der Waals surface area contributed by atoms with Gasteiger partial charge in [-0.1, -0.05) is 35.4 Å². The minimum atomic E-state index is -3.81. The number of tetrazole rings is 1. The van der Waals surface area contributed by atoms with Crippen LogP contribution in [-0.4, -0.2) is 101 Å². The zero-order valence-electron chi connectivity index (χ0n) is 27.7. The standard InChI is InChI=1S/C34H40ClN7O6S/c1-25-4-11-33(12-5-25)49(44,45)48-19-17-46-16-18-47-32-10-9-31(36-21-32)24-40-14-15-41(26(2)22-40)34(43)13-7-28-6-8-30(35)20-29(28)23-42-38-27(3)37-39-42/h4-13,20-21,26H,14-19,22-24H2,1-3H3. The maximum Gasteiger partial charge on any atom is 0.297 e. The van der Waals surface area contributed by atoms with E-state index in [0.717, 1.165) is 35.5 Å². The summed E-state index contributed by atoms with van der Waals surface area (Å²) < 4.78 is 40.6. The van der Waals surface area contributed by atoms with Crippen molar-refractivity contribution in [3.05, 3.63) is 100 Å². The minimum absolute atomic E-state index is 0.0219. The van der Waals surface area contributed by atoms with Crippen LogP contribution in [-0.2, 0) is 36.9 Å². The Morgan fingerprint density at radius 3 is 2.51 bits per heavy atom. The first-order chi connectivity index (χ1) is 23.6. The molecule has 1 fully saturated rings. The van der Waals surface area contributed by atoms with E-state index in [1.165, 1.54) is 16.9 Å². The molecule has 4 aromatic rings. The van der Waals surface area contributed by atoms with Gasteiger partial charge in [0.1, 0.15) is 12.4 Å². The number of piperazine rings is 1. The highest BCUT2D eigenvalue weighted by atomic mass is 35.5. The number of hydrogen-bond acceptors (Lipinski definition) is 11. The van der Waals surface area contributed by atoms with Gasteiger partial charge in [0.05, 0.1) is 43.2 Å². The van der Waals surface area contributed by atoms with E-state index in [1.807, 2.05) is 49.1 Å². The monoisotopic (exact) mass is 709 g/mol.